The number of phenolic OH excluding ortho intramolecular Hbond substituents is 1. The molecule has 0 atom stereocenters. The van der Waals surface area contributed by atoms with E-state index in [1.165, 1.54) is 18.2 Å². The highest BCUT2D eigenvalue weighted by Crippen LogP contribution is 2.19. The summed E-state index contributed by atoms with van der Waals surface area (Å²) in [5, 5.41) is 11.7. The van der Waals surface area contributed by atoms with Crippen molar-refractivity contribution in [2.24, 2.45) is 0 Å². The van der Waals surface area contributed by atoms with Crippen LogP contribution in [0, 0.1) is 18.6 Å². The predicted octanol–water partition coefficient (Wildman–Crippen LogP) is 3.23. The van der Waals surface area contributed by atoms with E-state index in [0.29, 0.717) is 11.1 Å². The first-order valence-electron chi connectivity index (χ1n) is 5.53. The third-order valence-electron chi connectivity index (χ3n) is 2.58. The van der Waals surface area contributed by atoms with Gasteiger partial charge in [-0.2, -0.15) is 0 Å². The molecule has 0 heterocycles. The van der Waals surface area contributed by atoms with Crippen LogP contribution in [0.1, 0.15) is 15.9 Å². The van der Waals surface area contributed by atoms with Crippen LogP contribution in [0.2, 0.25) is 0 Å². The molecule has 2 aromatic carbocycles. The molecule has 1 amide bonds. The molecule has 2 aromatic rings. The van der Waals surface area contributed by atoms with E-state index < -0.39 is 17.5 Å². The zero-order valence-corrected chi connectivity index (χ0v) is 10.1. The summed E-state index contributed by atoms with van der Waals surface area (Å²) in [5.41, 5.74) is 0.867. The van der Waals surface area contributed by atoms with Crippen molar-refractivity contribution in [1.82, 2.24) is 0 Å². The van der Waals surface area contributed by atoms with E-state index >= 15 is 0 Å². The van der Waals surface area contributed by atoms with Gasteiger partial charge in [0.05, 0.1) is 0 Å². The molecule has 0 unspecified atom stereocenters. The van der Waals surface area contributed by atoms with Crippen molar-refractivity contribution < 1.29 is 18.7 Å². The monoisotopic (exact) mass is 263 g/mol. The van der Waals surface area contributed by atoms with Crippen LogP contribution in [0.4, 0.5) is 14.5 Å². The van der Waals surface area contributed by atoms with Gasteiger partial charge in [0.25, 0.3) is 5.91 Å². The summed E-state index contributed by atoms with van der Waals surface area (Å²) >= 11 is 0. The molecule has 0 aliphatic carbocycles. The van der Waals surface area contributed by atoms with E-state index in [4.69, 9.17) is 0 Å². The smallest absolute Gasteiger partial charge is 0.255 e. The van der Waals surface area contributed by atoms with Crippen LogP contribution in [-0.4, -0.2) is 11.0 Å². The number of benzene rings is 2. The second-order valence-corrected chi connectivity index (χ2v) is 4.11. The molecule has 0 aromatic heterocycles. The first-order valence-corrected chi connectivity index (χ1v) is 5.53. The minimum atomic E-state index is -0.766. The fraction of sp³-hybridized carbons (Fsp3) is 0.0714. The Balaban J connectivity index is 2.22. The molecule has 0 fully saturated rings. The average Bonchev–Trinajstić information content (AvgIpc) is 2.31. The van der Waals surface area contributed by atoms with Gasteiger partial charge >= 0.3 is 0 Å². The van der Waals surface area contributed by atoms with Crippen molar-refractivity contribution >= 4 is 11.6 Å². The highest BCUT2D eigenvalue weighted by molar-refractivity contribution is 6.04. The van der Waals surface area contributed by atoms with Gasteiger partial charge < -0.3 is 10.4 Å². The Morgan fingerprint density at radius 2 is 1.74 bits per heavy atom. The number of anilines is 1. The lowest BCUT2D eigenvalue weighted by atomic mass is 10.1. The third kappa shape index (κ3) is 3.07. The van der Waals surface area contributed by atoms with Crippen LogP contribution in [0.15, 0.2) is 36.4 Å². The van der Waals surface area contributed by atoms with Gasteiger partial charge in [0, 0.05) is 17.3 Å². The Labute approximate surface area is 108 Å². The molecule has 0 bridgehead atoms. The van der Waals surface area contributed by atoms with Crippen molar-refractivity contribution in [3.8, 4) is 5.75 Å². The maximum Gasteiger partial charge on any atom is 0.255 e. The lowest BCUT2D eigenvalue weighted by Crippen LogP contribution is -2.12. The number of hydrogen-bond donors (Lipinski definition) is 2. The van der Waals surface area contributed by atoms with Gasteiger partial charge in [-0.1, -0.05) is 0 Å². The van der Waals surface area contributed by atoms with Gasteiger partial charge in [-0.15, -0.1) is 0 Å². The summed E-state index contributed by atoms with van der Waals surface area (Å²) in [6, 6.07) is 7.06. The average molecular weight is 263 g/mol. The molecule has 3 nitrogen and oxygen atoms in total. The molecule has 19 heavy (non-hydrogen) atoms. The Hall–Kier alpha value is -2.43. The first kappa shape index (κ1) is 13.0. The molecule has 0 aliphatic rings. The summed E-state index contributed by atoms with van der Waals surface area (Å²) in [7, 11) is 0. The van der Waals surface area contributed by atoms with E-state index in [9.17, 15) is 18.7 Å². The number of aromatic hydroxyl groups is 1. The standard InChI is InChI=1S/C14H11F2NO2/c1-8-4-9(2-3-13(8)18)14(19)17-12-6-10(15)5-11(16)7-12/h2-7,18H,1H3,(H,17,19). The quantitative estimate of drug-likeness (QED) is 0.873. The second-order valence-electron chi connectivity index (χ2n) is 4.11. The number of halogens is 2. The van der Waals surface area contributed by atoms with Crippen LogP contribution in [0.5, 0.6) is 5.75 Å². The van der Waals surface area contributed by atoms with Crippen LogP contribution in [0.3, 0.4) is 0 Å². The normalized spacial score (nSPS) is 10.3. The summed E-state index contributed by atoms with van der Waals surface area (Å²) in [5.74, 6) is -1.96. The van der Waals surface area contributed by atoms with Gasteiger partial charge in [0.2, 0.25) is 0 Å². The van der Waals surface area contributed by atoms with Gasteiger partial charge in [-0.3, -0.25) is 4.79 Å². The molecular formula is C14H11F2NO2. The number of nitrogens with one attached hydrogen (secondary N) is 1. The number of rotatable bonds is 2. The number of amides is 1. The largest absolute Gasteiger partial charge is 0.508 e. The van der Waals surface area contributed by atoms with Gasteiger partial charge in [0.1, 0.15) is 17.4 Å². The minimum Gasteiger partial charge on any atom is -0.508 e. The summed E-state index contributed by atoms with van der Waals surface area (Å²) in [4.78, 5) is 11.9. The Morgan fingerprint density at radius 3 is 2.32 bits per heavy atom. The first-order chi connectivity index (χ1) is 8.95. The summed E-state index contributed by atoms with van der Waals surface area (Å²) < 4.78 is 25.9. The molecule has 0 aliphatic heterocycles. The van der Waals surface area contributed by atoms with Crippen LogP contribution in [0.25, 0.3) is 0 Å². The molecule has 5 heteroatoms. The second kappa shape index (κ2) is 5.06. The van der Waals surface area contributed by atoms with E-state index in [1.807, 2.05) is 0 Å². The van der Waals surface area contributed by atoms with Gasteiger partial charge in [-0.25, -0.2) is 8.78 Å². The zero-order chi connectivity index (χ0) is 14.0. The molecule has 0 spiro atoms. The zero-order valence-electron chi connectivity index (χ0n) is 10.1. The molecule has 0 saturated heterocycles. The number of phenols is 1. The maximum absolute atomic E-state index is 13.0. The summed E-state index contributed by atoms with van der Waals surface area (Å²) in [6.45, 7) is 1.65. The van der Waals surface area contributed by atoms with Gasteiger partial charge in [0.15, 0.2) is 0 Å². The van der Waals surface area contributed by atoms with Gasteiger partial charge in [-0.05, 0) is 42.8 Å². The number of aryl methyl sites for hydroxylation is 1. The lowest BCUT2D eigenvalue weighted by molar-refractivity contribution is 0.102. The van der Waals surface area contributed by atoms with Crippen LogP contribution < -0.4 is 5.32 Å². The number of carbonyl (C=O) groups is 1. The number of hydrogen-bond acceptors (Lipinski definition) is 2. The topological polar surface area (TPSA) is 49.3 Å². The van der Waals surface area contributed by atoms with Crippen molar-refractivity contribution in [3.05, 3.63) is 59.2 Å². The van der Waals surface area contributed by atoms with Crippen molar-refractivity contribution in [2.45, 2.75) is 6.92 Å². The SMILES string of the molecule is Cc1cc(C(=O)Nc2cc(F)cc(F)c2)ccc1O. The molecule has 2 rings (SSSR count). The molecular weight excluding hydrogens is 252 g/mol. The molecule has 0 radical (unpaired) electrons. The molecule has 0 saturated carbocycles. The third-order valence-corrected chi connectivity index (χ3v) is 2.58. The molecule has 98 valence electrons. The van der Waals surface area contributed by atoms with Crippen LogP contribution in [-0.2, 0) is 0 Å². The van der Waals surface area contributed by atoms with Crippen LogP contribution >= 0.6 is 0 Å². The summed E-state index contributed by atoms with van der Waals surface area (Å²) in [6.07, 6.45) is 0. The van der Waals surface area contributed by atoms with Crippen molar-refractivity contribution in [3.63, 3.8) is 0 Å². The Bertz CT molecular complexity index is 621. The molecule has 2 N–H and O–H groups in total. The highest BCUT2D eigenvalue weighted by atomic mass is 19.1. The fourth-order valence-electron chi connectivity index (χ4n) is 1.63. The lowest BCUT2D eigenvalue weighted by Gasteiger charge is -2.07. The predicted molar refractivity (Wildman–Crippen MR) is 67.2 cm³/mol. The van der Waals surface area contributed by atoms with E-state index in [-0.39, 0.29) is 11.4 Å². The van der Waals surface area contributed by atoms with E-state index in [0.717, 1.165) is 18.2 Å². The Morgan fingerprint density at radius 1 is 1.11 bits per heavy atom. The Kier molecular flexibility index (Phi) is 3.46. The fourth-order valence-corrected chi connectivity index (χ4v) is 1.63. The van der Waals surface area contributed by atoms with E-state index in [2.05, 4.69) is 5.32 Å². The highest BCUT2D eigenvalue weighted by Gasteiger charge is 2.09. The number of carbonyl (C=O) groups excluding carboxylic acids is 1. The van der Waals surface area contributed by atoms with E-state index in [1.54, 1.807) is 6.92 Å². The maximum atomic E-state index is 13.0. The van der Waals surface area contributed by atoms with Crippen molar-refractivity contribution in [2.75, 3.05) is 5.32 Å². The minimum absolute atomic E-state index is 0.0354. The van der Waals surface area contributed by atoms with Crippen molar-refractivity contribution in [1.29, 1.82) is 0 Å².